The Kier molecular flexibility index (Phi) is 7.75. The number of carbonyl (C=O) groups is 2. The van der Waals surface area contributed by atoms with Gasteiger partial charge < -0.3 is 16.0 Å². The normalized spacial score (nSPS) is 12.3. The number of benzene rings is 1. The lowest BCUT2D eigenvalue weighted by Crippen LogP contribution is -2.48. The van der Waals surface area contributed by atoms with Crippen LogP contribution < -0.4 is 11.1 Å². The minimum absolute atomic E-state index is 0.0151. The quantitative estimate of drug-likeness (QED) is 0.767. The van der Waals surface area contributed by atoms with E-state index in [1.54, 1.807) is 4.90 Å². The molecule has 0 aliphatic heterocycles. The molecule has 5 heteroatoms. The minimum Gasteiger partial charge on any atom is -0.346 e. The van der Waals surface area contributed by atoms with E-state index in [2.05, 4.69) is 19.2 Å². The second-order valence-electron chi connectivity index (χ2n) is 6.64. The zero-order valence-electron chi connectivity index (χ0n) is 14.6. The Hall–Kier alpha value is -1.88. The van der Waals surface area contributed by atoms with Crippen molar-refractivity contribution >= 4 is 11.8 Å². The lowest BCUT2D eigenvalue weighted by atomic mass is 10.1. The molecule has 1 aromatic rings. The third-order valence-corrected chi connectivity index (χ3v) is 3.59. The van der Waals surface area contributed by atoms with E-state index in [-0.39, 0.29) is 24.3 Å². The molecule has 0 saturated carbocycles. The first-order chi connectivity index (χ1) is 10.8. The fourth-order valence-electron chi connectivity index (χ4n) is 2.19. The number of nitrogens with one attached hydrogen (secondary N) is 1. The van der Waals surface area contributed by atoms with Crippen LogP contribution in [0.4, 0.5) is 0 Å². The molecule has 1 atom stereocenters. The van der Waals surface area contributed by atoms with E-state index < -0.39 is 6.04 Å². The number of hydrogen-bond donors (Lipinski definition) is 2. The first-order valence-corrected chi connectivity index (χ1v) is 8.16. The van der Waals surface area contributed by atoms with Gasteiger partial charge in [0.05, 0.1) is 12.6 Å². The summed E-state index contributed by atoms with van der Waals surface area (Å²) in [4.78, 5) is 26.1. The van der Waals surface area contributed by atoms with E-state index in [0.717, 1.165) is 5.56 Å². The number of amides is 2. The van der Waals surface area contributed by atoms with Crippen molar-refractivity contribution in [3.63, 3.8) is 0 Å². The van der Waals surface area contributed by atoms with Crippen LogP contribution in [0, 0.1) is 11.8 Å². The van der Waals surface area contributed by atoms with Gasteiger partial charge in [-0.1, -0.05) is 58.0 Å². The van der Waals surface area contributed by atoms with Gasteiger partial charge in [0.25, 0.3) is 0 Å². The predicted octanol–water partition coefficient (Wildman–Crippen LogP) is 1.77. The maximum atomic E-state index is 12.5. The molecule has 0 aliphatic carbocycles. The molecule has 0 aliphatic rings. The predicted molar refractivity (Wildman–Crippen MR) is 92.5 cm³/mol. The third-order valence-electron chi connectivity index (χ3n) is 3.59. The van der Waals surface area contributed by atoms with Crippen LogP contribution in [0.3, 0.4) is 0 Å². The SMILES string of the molecule is CC(C)CN(Cc1ccccc1)C(=O)CNC(=O)[C@@H](N)C(C)C. The Labute approximate surface area is 139 Å². The first-order valence-electron chi connectivity index (χ1n) is 8.16. The molecule has 2 amide bonds. The molecule has 5 nitrogen and oxygen atoms in total. The highest BCUT2D eigenvalue weighted by Gasteiger charge is 2.20. The second kappa shape index (κ2) is 9.30. The molecule has 0 saturated heterocycles. The summed E-state index contributed by atoms with van der Waals surface area (Å²) in [7, 11) is 0. The fraction of sp³-hybridized carbons (Fsp3) is 0.556. The summed E-state index contributed by atoms with van der Waals surface area (Å²) in [5.74, 6) is 0.0295. The lowest BCUT2D eigenvalue weighted by molar-refractivity contribution is -0.134. The largest absolute Gasteiger partial charge is 0.346 e. The van der Waals surface area contributed by atoms with E-state index in [1.165, 1.54) is 0 Å². The molecule has 0 radical (unpaired) electrons. The van der Waals surface area contributed by atoms with Crippen LogP contribution in [0.5, 0.6) is 0 Å². The lowest BCUT2D eigenvalue weighted by Gasteiger charge is -2.25. The number of hydrogen-bond acceptors (Lipinski definition) is 3. The average molecular weight is 319 g/mol. The van der Waals surface area contributed by atoms with E-state index in [1.807, 2.05) is 44.2 Å². The van der Waals surface area contributed by atoms with Crippen LogP contribution in [0.2, 0.25) is 0 Å². The van der Waals surface area contributed by atoms with Crippen molar-refractivity contribution in [1.82, 2.24) is 10.2 Å². The molecule has 23 heavy (non-hydrogen) atoms. The Bertz CT molecular complexity index is 500. The Morgan fingerprint density at radius 1 is 1.13 bits per heavy atom. The summed E-state index contributed by atoms with van der Waals surface area (Å²) >= 11 is 0. The van der Waals surface area contributed by atoms with Gasteiger partial charge in [-0.05, 0) is 17.4 Å². The second-order valence-corrected chi connectivity index (χ2v) is 6.64. The average Bonchev–Trinajstić information content (AvgIpc) is 2.51. The summed E-state index contributed by atoms with van der Waals surface area (Å²) in [5, 5.41) is 2.65. The monoisotopic (exact) mass is 319 g/mol. The van der Waals surface area contributed by atoms with Gasteiger partial charge in [-0.3, -0.25) is 9.59 Å². The molecule has 0 aromatic heterocycles. The van der Waals surface area contributed by atoms with E-state index in [4.69, 9.17) is 5.73 Å². The molecule has 0 spiro atoms. The van der Waals surface area contributed by atoms with Gasteiger partial charge in [-0.2, -0.15) is 0 Å². The summed E-state index contributed by atoms with van der Waals surface area (Å²) < 4.78 is 0. The molecule has 0 fully saturated rings. The topological polar surface area (TPSA) is 75.4 Å². The Morgan fingerprint density at radius 2 is 1.74 bits per heavy atom. The first kappa shape index (κ1) is 19.2. The molecule has 0 bridgehead atoms. The van der Waals surface area contributed by atoms with Crippen LogP contribution >= 0.6 is 0 Å². The van der Waals surface area contributed by atoms with Crippen LogP contribution in [0.25, 0.3) is 0 Å². The maximum absolute atomic E-state index is 12.5. The summed E-state index contributed by atoms with van der Waals surface area (Å²) in [6, 6.07) is 9.26. The van der Waals surface area contributed by atoms with Crippen LogP contribution in [0.1, 0.15) is 33.3 Å². The molecule has 128 valence electrons. The van der Waals surface area contributed by atoms with Gasteiger partial charge in [0.2, 0.25) is 11.8 Å². The van der Waals surface area contributed by atoms with E-state index >= 15 is 0 Å². The number of carbonyl (C=O) groups excluding carboxylic acids is 2. The van der Waals surface area contributed by atoms with Crippen LogP contribution in [-0.4, -0.2) is 35.8 Å². The van der Waals surface area contributed by atoms with Gasteiger partial charge in [0.1, 0.15) is 0 Å². The third kappa shape index (κ3) is 6.82. The molecule has 3 N–H and O–H groups in total. The number of rotatable bonds is 8. The zero-order valence-corrected chi connectivity index (χ0v) is 14.6. The Morgan fingerprint density at radius 3 is 2.26 bits per heavy atom. The number of nitrogens with zero attached hydrogens (tertiary/aromatic N) is 1. The summed E-state index contributed by atoms with van der Waals surface area (Å²) in [6.45, 7) is 9.08. The standard InChI is InChI=1S/C18H29N3O2/c1-13(2)11-21(12-15-8-6-5-7-9-15)16(22)10-20-18(23)17(19)14(3)4/h5-9,13-14,17H,10-12,19H2,1-4H3,(H,20,23)/t17-/m0/s1. The van der Waals surface area contributed by atoms with Gasteiger partial charge in [0, 0.05) is 13.1 Å². The minimum atomic E-state index is -0.588. The highest BCUT2D eigenvalue weighted by molar-refractivity contribution is 5.87. The van der Waals surface area contributed by atoms with Crippen molar-refractivity contribution in [2.24, 2.45) is 17.6 Å². The summed E-state index contributed by atoms with van der Waals surface area (Å²) in [5.41, 5.74) is 6.87. The van der Waals surface area contributed by atoms with Crippen LogP contribution in [-0.2, 0) is 16.1 Å². The van der Waals surface area contributed by atoms with Crippen molar-refractivity contribution in [1.29, 1.82) is 0 Å². The van der Waals surface area contributed by atoms with Crippen molar-refractivity contribution in [3.05, 3.63) is 35.9 Å². The molecule has 0 unspecified atom stereocenters. The van der Waals surface area contributed by atoms with E-state index in [0.29, 0.717) is 19.0 Å². The van der Waals surface area contributed by atoms with Gasteiger partial charge >= 0.3 is 0 Å². The van der Waals surface area contributed by atoms with Gasteiger partial charge in [-0.25, -0.2) is 0 Å². The van der Waals surface area contributed by atoms with Gasteiger partial charge in [-0.15, -0.1) is 0 Å². The number of nitrogens with two attached hydrogens (primary N) is 1. The molecular formula is C18H29N3O2. The Balaban J connectivity index is 2.63. The zero-order chi connectivity index (χ0) is 17.4. The molecular weight excluding hydrogens is 290 g/mol. The van der Waals surface area contributed by atoms with Crippen molar-refractivity contribution in [3.8, 4) is 0 Å². The van der Waals surface area contributed by atoms with Crippen LogP contribution in [0.15, 0.2) is 30.3 Å². The highest BCUT2D eigenvalue weighted by Crippen LogP contribution is 2.08. The molecule has 0 heterocycles. The van der Waals surface area contributed by atoms with E-state index in [9.17, 15) is 9.59 Å². The highest BCUT2D eigenvalue weighted by atomic mass is 16.2. The fourth-order valence-corrected chi connectivity index (χ4v) is 2.19. The molecule has 1 rings (SSSR count). The maximum Gasteiger partial charge on any atom is 0.242 e. The molecule has 1 aromatic carbocycles. The smallest absolute Gasteiger partial charge is 0.242 e. The van der Waals surface area contributed by atoms with Gasteiger partial charge in [0.15, 0.2) is 0 Å². The summed E-state index contributed by atoms with van der Waals surface area (Å²) in [6.07, 6.45) is 0. The van der Waals surface area contributed by atoms with Crippen molar-refractivity contribution in [2.45, 2.75) is 40.3 Å². The van der Waals surface area contributed by atoms with Crippen molar-refractivity contribution in [2.75, 3.05) is 13.1 Å². The van der Waals surface area contributed by atoms with Crippen molar-refractivity contribution < 1.29 is 9.59 Å².